The first kappa shape index (κ1) is 29.9. The summed E-state index contributed by atoms with van der Waals surface area (Å²) < 4.78 is 52.7. The Morgan fingerprint density at radius 3 is 2.52 bits per heavy atom. The van der Waals surface area contributed by atoms with Crippen LogP contribution in [-0.4, -0.2) is 73.3 Å². The highest BCUT2D eigenvalue weighted by Gasteiger charge is 2.83. The number of piperidine rings is 1. The van der Waals surface area contributed by atoms with Gasteiger partial charge >= 0.3 is 6.18 Å². The number of carbonyl (C=O) groups excluding carboxylic acids is 1. The Kier molecular flexibility index (Phi) is 6.85. The minimum atomic E-state index is -5.19. The third-order valence-electron chi connectivity index (χ3n) is 12.2. The van der Waals surface area contributed by atoms with E-state index in [0.717, 1.165) is 37.4 Å². The molecule has 5 aliphatic carbocycles. The largest absolute Gasteiger partial charge is 0.542 e. The van der Waals surface area contributed by atoms with Gasteiger partial charge in [0.15, 0.2) is 11.5 Å². The van der Waals surface area contributed by atoms with Crippen LogP contribution in [0.5, 0.6) is 11.5 Å². The predicted octanol–water partition coefficient (Wildman–Crippen LogP) is 4.28. The van der Waals surface area contributed by atoms with Crippen LogP contribution < -0.4 is 9.84 Å². The van der Waals surface area contributed by atoms with E-state index in [1.165, 1.54) is 53.5 Å². The quantitative estimate of drug-likeness (QED) is 0.468. The van der Waals surface area contributed by atoms with Crippen molar-refractivity contribution >= 4 is 5.97 Å². The van der Waals surface area contributed by atoms with Crippen LogP contribution in [0.25, 0.3) is 0 Å². The van der Waals surface area contributed by atoms with E-state index < -0.39 is 12.1 Å². The van der Waals surface area contributed by atoms with E-state index in [2.05, 4.69) is 43.4 Å². The minimum absolute atomic E-state index is 0.0580. The lowest BCUT2D eigenvalue weighted by atomic mass is 9.34. The summed E-state index contributed by atoms with van der Waals surface area (Å²) >= 11 is 0. The molecule has 7 nitrogen and oxygen atoms in total. The molecule has 2 aromatic rings. The Bertz CT molecular complexity index is 1450. The molecule has 238 valence electrons. The fraction of sp³-hybridized carbons (Fsp3) is 0.618. The van der Waals surface area contributed by atoms with Gasteiger partial charge in [-0.1, -0.05) is 36.4 Å². The maximum atomic E-state index is 11.0. The zero-order chi connectivity index (χ0) is 31.1. The number of carboxylic acid groups (broad SMARTS) is 1. The van der Waals surface area contributed by atoms with Gasteiger partial charge in [0.25, 0.3) is 0 Å². The van der Waals surface area contributed by atoms with Gasteiger partial charge in [-0.15, -0.1) is 0 Å². The van der Waals surface area contributed by atoms with E-state index in [0.29, 0.717) is 25.0 Å². The van der Waals surface area contributed by atoms with Gasteiger partial charge in [0, 0.05) is 42.8 Å². The molecule has 9 rings (SSSR count). The molecule has 0 radical (unpaired) electrons. The first-order valence-electron chi connectivity index (χ1n) is 15.7. The molecule has 4 saturated carbocycles. The van der Waals surface area contributed by atoms with Crippen LogP contribution in [0.4, 0.5) is 13.2 Å². The number of aliphatic carboxylic acids is 1. The van der Waals surface area contributed by atoms with Crippen molar-refractivity contribution in [3.63, 3.8) is 0 Å². The zero-order valence-corrected chi connectivity index (χ0v) is 25.2. The highest BCUT2D eigenvalue weighted by atomic mass is 19.4. The molecule has 1 unspecified atom stereocenters. The number of phenolic OH excluding ortho intramolecular Hbond substituents is 1. The second kappa shape index (κ2) is 10.1. The van der Waals surface area contributed by atoms with E-state index in [1.54, 1.807) is 0 Å². The number of rotatable bonds is 7. The number of phenols is 1. The number of fused-ring (bicyclic) bond motifs is 2. The van der Waals surface area contributed by atoms with Crippen molar-refractivity contribution in [1.29, 1.82) is 0 Å². The third-order valence-corrected chi connectivity index (χ3v) is 12.2. The number of ether oxygens (including phenoxy) is 3. The Hall–Kier alpha value is -2.82. The van der Waals surface area contributed by atoms with Crippen LogP contribution in [0.3, 0.4) is 0 Å². The molecule has 44 heavy (non-hydrogen) atoms. The van der Waals surface area contributed by atoms with Crippen molar-refractivity contribution in [3.05, 3.63) is 59.2 Å². The SMILES string of the molecule is CO[C@]12CC[C@@]3(C[C@@H]1COCc1ccccc1)[C@H]1Cc4ccc(O)c5c4[C@@]3(CC[N+]1(C)CC1CC1)[C@H]2O5.O=C([O-])C(F)(F)F. The number of hydrogen-bond acceptors (Lipinski definition) is 6. The molecule has 2 aromatic carbocycles. The summed E-state index contributed by atoms with van der Waals surface area (Å²) in [7, 11) is 4.46. The number of halogens is 3. The molecular weight excluding hydrogens is 575 g/mol. The molecule has 5 fully saturated rings. The number of aromatic hydroxyl groups is 1. The molecule has 4 bridgehead atoms. The summed E-state index contributed by atoms with van der Waals surface area (Å²) in [4.78, 5) is 8.78. The molecule has 7 aliphatic rings. The summed E-state index contributed by atoms with van der Waals surface area (Å²) in [5, 5.41) is 19.8. The summed E-state index contributed by atoms with van der Waals surface area (Å²) in [6, 6.07) is 15.2. The molecule has 1 N–H and O–H groups in total. The molecule has 7 atom stereocenters. The fourth-order valence-electron chi connectivity index (χ4n) is 10.3. The van der Waals surface area contributed by atoms with Crippen molar-refractivity contribution < 1.29 is 46.9 Å². The van der Waals surface area contributed by atoms with E-state index in [-0.39, 0.29) is 28.5 Å². The molecule has 0 aromatic heterocycles. The van der Waals surface area contributed by atoms with Gasteiger partial charge in [0.1, 0.15) is 17.7 Å². The van der Waals surface area contributed by atoms with Crippen LogP contribution >= 0.6 is 0 Å². The second-order valence-electron chi connectivity index (χ2n) is 14.2. The molecular formula is C34H40F3NO6. The number of alkyl halides is 3. The number of quaternary nitrogens is 1. The molecule has 1 saturated heterocycles. The van der Waals surface area contributed by atoms with Crippen molar-refractivity contribution in [3.8, 4) is 11.5 Å². The van der Waals surface area contributed by atoms with Gasteiger partial charge < -0.3 is 33.7 Å². The third kappa shape index (κ3) is 4.16. The number of nitrogens with zero attached hydrogens (tertiary/aromatic N) is 1. The number of carboxylic acids is 1. The summed E-state index contributed by atoms with van der Waals surface area (Å²) in [6.07, 6.45) is 3.12. The Balaban J connectivity index is 0.000000403. The fourth-order valence-corrected chi connectivity index (χ4v) is 10.3. The van der Waals surface area contributed by atoms with Crippen LogP contribution in [0.1, 0.15) is 55.2 Å². The summed E-state index contributed by atoms with van der Waals surface area (Å²) in [5.41, 5.74) is 3.68. The Morgan fingerprint density at radius 2 is 1.86 bits per heavy atom. The molecule has 0 amide bonds. The monoisotopic (exact) mass is 615 g/mol. The van der Waals surface area contributed by atoms with Gasteiger partial charge in [0.2, 0.25) is 0 Å². The van der Waals surface area contributed by atoms with Crippen LogP contribution in [0.2, 0.25) is 0 Å². The zero-order valence-electron chi connectivity index (χ0n) is 25.2. The first-order valence-corrected chi connectivity index (χ1v) is 15.7. The van der Waals surface area contributed by atoms with E-state index >= 15 is 0 Å². The van der Waals surface area contributed by atoms with Crippen LogP contribution in [-0.2, 0) is 32.7 Å². The molecule has 2 heterocycles. The number of benzene rings is 2. The maximum absolute atomic E-state index is 11.0. The topological polar surface area (TPSA) is 88.1 Å². The van der Waals surface area contributed by atoms with Crippen LogP contribution in [0.15, 0.2) is 42.5 Å². The van der Waals surface area contributed by atoms with E-state index in [1.807, 2.05) is 13.2 Å². The van der Waals surface area contributed by atoms with Gasteiger partial charge in [-0.2, -0.15) is 13.2 Å². The van der Waals surface area contributed by atoms with Gasteiger partial charge in [-0.05, 0) is 49.3 Å². The number of likely N-dealkylation sites (N-methyl/N-ethyl adjacent to an activating group) is 1. The van der Waals surface area contributed by atoms with Gasteiger partial charge in [0.05, 0.1) is 44.8 Å². The smallest absolute Gasteiger partial charge is 0.430 e. The van der Waals surface area contributed by atoms with Crippen molar-refractivity contribution in [2.75, 3.05) is 33.9 Å². The van der Waals surface area contributed by atoms with Crippen LogP contribution in [0, 0.1) is 17.3 Å². The number of carbonyl (C=O) groups is 1. The predicted molar refractivity (Wildman–Crippen MR) is 152 cm³/mol. The van der Waals surface area contributed by atoms with Crippen molar-refractivity contribution in [2.24, 2.45) is 17.3 Å². The second-order valence-corrected chi connectivity index (χ2v) is 14.2. The first-order chi connectivity index (χ1) is 20.9. The lowest BCUT2D eigenvalue weighted by molar-refractivity contribution is -0.952. The minimum Gasteiger partial charge on any atom is -0.542 e. The average Bonchev–Trinajstić information content (AvgIpc) is 3.72. The van der Waals surface area contributed by atoms with E-state index in [9.17, 15) is 18.3 Å². The van der Waals surface area contributed by atoms with Gasteiger partial charge in [-0.3, -0.25) is 0 Å². The summed E-state index contributed by atoms with van der Waals surface area (Å²) in [5.74, 6) is -0.760. The standard InChI is InChI=1S/C32H39NO4.C2HF3O2/c1-33(18-21-8-9-21)15-14-31-27-23-10-11-25(34)28(27)37-29(31)32(35-2)13-12-30(31,26(33)16-23)17-24(32)20-36-19-22-6-4-3-5-7-22;3-2(4,5)1(6)7/h3-7,10-11,21,24,26,29H,8-9,12-20H2,1-2H3;(H,6,7)/t24-,26-,29-,30-,31+,32-,33?;/m1./s1. The van der Waals surface area contributed by atoms with Gasteiger partial charge in [-0.25, -0.2) is 0 Å². The highest BCUT2D eigenvalue weighted by molar-refractivity contribution is 5.70. The van der Waals surface area contributed by atoms with Crippen molar-refractivity contribution in [1.82, 2.24) is 0 Å². The Labute approximate surface area is 255 Å². The molecule has 10 heteroatoms. The maximum Gasteiger partial charge on any atom is 0.430 e. The number of methoxy groups -OCH3 is 1. The number of hydrogen-bond donors (Lipinski definition) is 1. The number of likely N-dealkylation sites (tertiary alicyclic amines) is 1. The van der Waals surface area contributed by atoms with E-state index in [4.69, 9.17) is 24.1 Å². The molecule has 2 aliphatic heterocycles. The lowest BCUT2D eigenvalue weighted by Gasteiger charge is -2.74. The van der Waals surface area contributed by atoms with Crippen molar-refractivity contribution in [2.45, 2.75) is 80.9 Å². The normalized spacial score (nSPS) is 37.4. The average molecular weight is 616 g/mol. The highest BCUT2D eigenvalue weighted by Crippen LogP contribution is 2.77. The Morgan fingerprint density at radius 1 is 1.14 bits per heavy atom. The lowest BCUT2D eigenvalue weighted by Crippen LogP contribution is -2.83. The molecule has 2 spiro atoms. The summed E-state index contributed by atoms with van der Waals surface area (Å²) in [6.45, 7) is 3.84.